The molecule has 5 heteroatoms. The molecule has 0 spiro atoms. The van der Waals surface area contributed by atoms with Crippen LogP contribution in [0.25, 0.3) is 0 Å². The van der Waals surface area contributed by atoms with Crippen LogP contribution in [0.3, 0.4) is 0 Å². The first kappa shape index (κ1) is 13.1. The van der Waals surface area contributed by atoms with Gasteiger partial charge in [-0.05, 0) is 50.6 Å². The molecule has 0 aliphatic carbocycles. The highest BCUT2D eigenvalue weighted by atomic mass is 79.9. The summed E-state index contributed by atoms with van der Waals surface area (Å²) in [5.74, 6) is 0. The number of hydrogen-bond donors (Lipinski definition) is 1. The Morgan fingerprint density at radius 3 is 2.53 bits per heavy atom. The molecule has 0 radical (unpaired) electrons. The molecule has 1 heterocycles. The fourth-order valence-electron chi connectivity index (χ4n) is 2.18. The zero-order chi connectivity index (χ0) is 12.5. The van der Waals surface area contributed by atoms with Crippen LogP contribution in [0.4, 0.5) is 0 Å². The molecule has 0 amide bonds. The van der Waals surface area contributed by atoms with Gasteiger partial charge < -0.3 is 5.32 Å². The van der Waals surface area contributed by atoms with Crippen molar-refractivity contribution < 1.29 is 8.42 Å². The lowest BCUT2D eigenvalue weighted by Gasteiger charge is -2.27. The van der Waals surface area contributed by atoms with E-state index in [-0.39, 0.29) is 11.3 Å². The number of benzene rings is 1. The third-order valence-electron chi connectivity index (χ3n) is 3.16. The van der Waals surface area contributed by atoms with Crippen molar-refractivity contribution in [2.45, 2.75) is 36.0 Å². The molecule has 0 bridgehead atoms. The van der Waals surface area contributed by atoms with Gasteiger partial charge in [0.25, 0.3) is 0 Å². The van der Waals surface area contributed by atoms with E-state index in [0.717, 1.165) is 11.0 Å². The Labute approximate surface area is 111 Å². The van der Waals surface area contributed by atoms with Crippen LogP contribution in [0.1, 0.15) is 19.8 Å². The van der Waals surface area contributed by atoms with Gasteiger partial charge in [-0.2, -0.15) is 0 Å². The second-order valence-corrected chi connectivity index (χ2v) is 7.64. The Bertz CT molecular complexity index is 484. The van der Waals surface area contributed by atoms with Crippen LogP contribution in [0, 0.1) is 0 Å². The first-order valence-corrected chi connectivity index (χ1v) is 8.07. The summed E-state index contributed by atoms with van der Waals surface area (Å²) in [4.78, 5) is 0.430. The molecule has 0 saturated carbocycles. The minimum atomic E-state index is -3.17. The van der Waals surface area contributed by atoms with E-state index in [2.05, 4.69) is 21.2 Å². The first-order valence-electron chi connectivity index (χ1n) is 5.73. The lowest BCUT2D eigenvalue weighted by Crippen LogP contribution is -2.41. The molecule has 1 N–H and O–H groups in total. The minimum Gasteiger partial charge on any atom is -0.314 e. The maximum atomic E-state index is 12.4. The molecule has 1 aromatic rings. The lowest BCUT2D eigenvalue weighted by atomic mass is 10.1. The largest absolute Gasteiger partial charge is 0.314 e. The molecule has 1 fully saturated rings. The molecule has 1 aliphatic rings. The molecule has 2 unspecified atom stereocenters. The standard InChI is InChI=1S/C12H16BrNO2S/c1-9-8-12(6-7-14-9)17(15,16)11-4-2-10(13)3-5-11/h2-5,9,12,14H,6-8H2,1H3. The van der Waals surface area contributed by atoms with Gasteiger partial charge >= 0.3 is 0 Å². The van der Waals surface area contributed by atoms with Crippen molar-refractivity contribution in [2.24, 2.45) is 0 Å². The fourth-order valence-corrected chi connectivity index (χ4v) is 4.32. The van der Waals surface area contributed by atoms with Gasteiger partial charge in [0.15, 0.2) is 9.84 Å². The Hall–Kier alpha value is -0.390. The van der Waals surface area contributed by atoms with Crippen LogP contribution in [-0.4, -0.2) is 26.3 Å². The summed E-state index contributed by atoms with van der Waals surface area (Å²) in [6.45, 7) is 2.81. The second-order valence-electron chi connectivity index (χ2n) is 4.50. The van der Waals surface area contributed by atoms with Gasteiger partial charge in [0.2, 0.25) is 0 Å². The molecular formula is C12H16BrNO2S. The van der Waals surface area contributed by atoms with Crippen molar-refractivity contribution in [1.29, 1.82) is 0 Å². The summed E-state index contributed by atoms with van der Waals surface area (Å²) in [7, 11) is -3.17. The van der Waals surface area contributed by atoms with E-state index in [1.54, 1.807) is 24.3 Å². The Kier molecular flexibility index (Phi) is 3.90. The van der Waals surface area contributed by atoms with Gasteiger partial charge in [-0.15, -0.1) is 0 Å². The van der Waals surface area contributed by atoms with E-state index >= 15 is 0 Å². The molecule has 1 aliphatic heterocycles. The zero-order valence-corrected chi connectivity index (χ0v) is 12.1. The molecule has 2 rings (SSSR count). The van der Waals surface area contributed by atoms with E-state index < -0.39 is 9.84 Å². The van der Waals surface area contributed by atoms with Gasteiger partial charge in [-0.3, -0.25) is 0 Å². The molecule has 17 heavy (non-hydrogen) atoms. The van der Waals surface area contributed by atoms with Gasteiger partial charge in [-0.25, -0.2) is 8.42 Å². The Morgan fingerprint density at radius 1 is 1.29 bits per heavy atom. The number of nitrogens with one attached hydrogen (secondary N) is 1. The Balaban J connectivity index is 2.26. The van der Waals surface area contributed by atoms with Gasteiger partial charge in [-0.1, -0.05) is 15.9 Å². The van der Waals surface area contributed by atoms with Crippen LogP contribution in [0.2, 0.25) is 0 Å². The van der Waals surface area contributed by atoms with E-state index in [1.807, 2.05) is 6.92 Å². The third kappa shape index (κ3) is 2.89. The minimum absolute atomic E-state index is 0.250. The highest BCUT2D eigenvalue weighted by Gasteiger charge is 2.31. The number of hydrogen-bond acceptors (Lipinski definition) is 3. The summed E-state index contributed by atoms with van der Waals surface area (Å²) in [5.41, 5.74) is 0. The summed E-state index contributed by atoms with van der Waals surface area (Å²) in [5, 5.41) is 3.02. The predicted octanol–water partition coefficient (Wildman–Crippen LogP) is 2.36. The van der Waals surface area contributed by atoms with Crippen molar-refractivity contribution in [1.82, 2.24) is 5.32 Å². The summed E-state index contributed by atoms with van der Waals surface area (Å²) >= 11 is 3.31. The lowest BCUT2D eigenvalue weighted by molar-refractivity contribution is 0.418. The normalized spacial score (nSPS) is 25.8. The van der Waals surface area contributed by atoms with Crippen LogP contribution in [-0.2, 0) is 9.84 Å². The highest BCUT2D eigenvalue weighted by Crippen LogP contribution is 2.25. The molecule has 0 aromatic heterocycles. The topological polar surface area (TPSA) is 46.2 Å². The summed E-state index contributed by atoms with van der Waals surface area (Å²) in [6.07, 6.45) is 1.39. The van der Waals surface area contributed by atoms with Gasteiger partial charge in [0.05, 0.1) is 10.1 Å². The van der Waals surface area contributed by atoms with Crippen LogP contribution < -0.4 is 5.32 Å². The molecular weight excluding hydrogens is 302 g/mol. The molecule has 2 atom stereocenters. The second kappa shape index (κ2) is 5.08. The molecule has 3 nitrogen and oxygen atoms in total. The van der Waals surface area contributed by atoms with Crippen molar-refractivity contribution in [3.8, 4) is 0 Å². The van der Waals surface area contributed by atoms with Crippen molar-refractivity contribution in [3.05, 3.63) is 28.7 Å². The molecule has 1 aromatic carbocycles. The average molecular weight is 318 g/mol. The van der Waals surface area contributed by atoms with Crippen LogP contribution >= 0.6 is 15.9 Å². The van der Waals surface area contributed by atoms with Crippen LogP contribution in [0.15, 0.2) is 33.6 Å². The summed E-state index contributed by atoms with van der Waals surface area (Å²) in [6, 6.07) is 7.17. The smallest absolute Gasteiger partial charge is 0.181 e. The SMILES string of the molecule is CC1CC(S(=O)(=O)c2ccc(Br)cc2)CCN1. The number of rotatable bonds is 2. The Morgan fingerprint density at radius 2 is 1.94 bits per heavy atom. The fraction of sp³-hybridized carbons (Fsp3) is 0.500. The third-order valence-corrected chi connectivity index (χ3v) is 5.92. The van der Waals surface area contributed by atoms with E-state index in [1.165, 1.54) is 0 Å². The van der Waals surface area contributed by atoms with Gasteiger partial charge in [0, 0.05) is 10.5 Å². The first-order chi connectivity index (χ1) is 8.00. The van der Waals surface area contributed by atoms with Crippen molar-refractivity contribution >= 4 is 25.8 Å². The molecule has 1 saturated heterocycles. The van der Waals surface area contributed by atoms with Crippen LogP contribution in [0.5, 0.6) is 0 Å². The predicted molar refractivity (Wildman–Crippen MR) is 71.8 cm³/mol. The van der Waals surface area contributed by atoms with E-state index in [4.69, 9.17) is 0 Å². The highest BCUT2D eigenvalue weighted by molar-refractivity contribution is 9.10. The number of sulfone groups is 1. The number of piperidine rings is 1. The average Bonchev–Trinajstić information content (AvgIpc) is 2.29. The number of halogens is 1. The summed E-state index contributed by atoms with van der Waals surface area (Å²) < 4.78 is 25.7. The quantitative estimate of drug-likeness (QED) is 0.910. The maximum Gasteiger partial charge on any atom is 0.181 e. The molecule has 94 valence electrons. The van der Waals surface area contributed by atoms with Crippen molar-refractivity contribution in [3.63, 3.8) is 0 Å². The maximum absolute atomic E-state index is 12.4. The van der Waals surface area contributed by atoms with Gasteiger partial charge in [0.1, 0.15) is 0 Å². The van der Waals surface area contributed by atoms with E-state index in [0.29, 0.717) is 17.7 Å². The monoisotopic (exact) mass is 317 g/mol. The zero-order valence-electron chi connectivity index (χ0n) is 9.69. The van der Waals surface area contributed by atoms with Crippen molar-refractivity contribution in [2.75, 3.05) is 6.54 Å². The van der Waals surface area contributed by atoms with E-state index in [9.17, 15) is 8.42 Å².